The van der Waals surface area contributed by atoms with Gasteiger partial charge in [-0.1, -0.05) is 0 Å². The maximum Gasteiger partial charge on any atom is 0.213 e. The summed E-state index contributed by atoms with van der Waals surface area (Å²) in [6.45, 7) is 9.01. The van der Waals surface area contributed by atoms with Gasteiger partial charge >= 0.3 is 0 Å². The third-order valence-corrected chi connectivity index (χ3v) is 6.52. The van der Waals surface area contributed by atoms with Gasteiger partial charge in [-0.3, -0.25) is 9.58 Å². The van der Waals surface area contributed by atoms with Crippen LogP contribution in [0.25, 0.3) is 0 Å². The van der Waals surface area contributed by atoms with Crippen LogP contribution < -0.4 is 0 Å². The molecule has 0 bridgehead atoms. The average molecular weight is 312 g/mol. The maximum absolute atomic E-state index is 11.9. The molecule has 6 nitrogen and oxygen atoms in total. The molecule has 0 N–H and O–H groups in total. The van der Waals surface area contributed by atoms with Gasteiger partial charge in [0.05, 0.1) is 11.9 Å². The Morgan fingerprint density at radius 1 is 1.29 bits per heavy atom. The molecule has 0 atom stereocenters. The van der Waals surface area contributed by atoms with Crippen LogP contribution in [-0.2, 0) is 23.1 Å². The van der Waals surface area contributed by atoms with Gasteiger partial charge in [-0.05, 0) is 20.3 Å². The van der Waals surface area contributed by atoms with Crippen LogP contribution in [0.1, 0.15) is 25.8 Å². The van der Waals surface area contributed by atoms with Gasteiger partial charge in [0.15, 0.2) is 0 Å². The molecule has 21 heavy (non-hydrogen) atoms. The summed E-state index contributed by atoms with van der Waals surface area (Å²) in [6, 6.07) is 0. The third-order valence-electron chi connectivity index (χ3n) is 4.70. The number of hydrogen-bond donors (Lipinski definition) is 0. The Bertz CT molecular complexity index is 604. The van der Waals surface area contributed by atoms with E-state index in [9.17, 15) is 8.42 Å². The lowest BCUT2D eigenvalue weighted by Gasteiger charge is -2.48. The molecule has 7 heteroatoms. The van der Waals surface area contributed by atoms with Crippen molar-refractivity contribution < 1.29 is 8.42 Å². The molecule has 2 saturated heterocycles. The van der Waals surface area contributed by atoms with Crippen LogP contribution in [0, 0.1) is 5.41 Å². The second-order valence-electron chi connectivity index (χ2n) is 6.33. The van der Waals surface area contributed by atoms with Crippen LogP contribution in [0.3, 0.4) is 0 Å². The number of likely N-dealkylation sites (tertiary alicyclic amines) is 1. The van der Waals surface area contributed by atoms with Crippen molar-refractivity contribution in [2.24, 2.45) is 5.41 Å². The van der Waals surface area contributed by atoms with E-state index < -0.39 is 10.0 Å². The molecular formula is C14H24N4O2S. The van der Waals surface area contributed by atoms with Gasteiger partial charge in [0.25, 0.3) is 0 Å². The van der Waals surface area contributed by atoms with Crippen LogP contribution in [0.15, 0.2) is 12.4 Å². The summed E-state index contributed by atoms with van der Waals surface area (Å²) >= 11 is 0. The summed E-state index contributed by atoms with van der Waals surface area (Å²) in [5, 5.41) is 4.29. The quantitative estimate of drug-likeness (QED) is 0.805. The lowest BCUT2D eigenvalue weighted by molar-refractivity contribution is 0.00650. The highest BCUT2D eigenvalue weighted by atomic mass is 32.2. The molecule has 0 aliphatic carbocycles. The Kier molecular flexibility index (Phi) is 3.83. The molecule has 0 amide bonds. The zero-order valence-corrected chi connectivity index (χ0v) is 13.6. The molecule has 3 heterocycles. The fourth-order valence-electron chi connectivity index (χ4n) is 3.51. The minimum absolute atomic E-state index is 0.197. The lowest BCUT2D eigenvalue weighted by atomic mass is 9.79. The molecule has 118 valence electrons. The summed E-state index contributed by atoms with van der Waals surface area (Å²) in [7, 11) is -3.02. The van der Waals surface area contributed by atoms with E-state index in [1.165, 1.54) is 5.56 Å². The van der Waals surface area contributed by atoms with Crippen molar-refractivity contribution >= 4 is 10.0 Å². The first-order valence-electron chi connectivity index (χ1n) is 7.68. The molecule has 0 radical (unpaired) electrons. The maximum atomic E-state index is 11.9. The Hall–Kier alpha value is -0.920. The summed E-state index contributed by atoms with van der Waals surface area (Å²) < 4.78 is 27.5. The fourth-order valence-corrected chi connectivity index (χ4v) is 4.71. The molecule has 1 aromatic heterocycles. The van der Waals surface area contributed by atoms with E-state index in [4.69, 9.17) is 0 Å². The van der Waals surface area contributed by atoms with Gasteiger partial charge in [-0.25, -0.2) is 12.7 Å². The van der Waals surface area contributed by atoms with E-state index in [0.29, 0.717) is 13.1 Å². The van der Waals surface area contributed by atoms with Crippen molar-refractivity contribution in [3.63, 3.8) is 0 Å². The number of sulfonamides is 1. The Labute approximate surface area is 126 Å². The van der Waals surface area contributed by atoms with Crippen LogP contribution in [0.4, 0.5) is 0 Å². The molecule has 1 aromatic rings. The van der Waals surface area contributed by atoms with Gasteiger partial charge < -0.3 is 0 Å². The summed E-state index contributed by atoms with van der Waals surface area (Å²) in [4.78, 5) is 2.39. The van der Waals surface area contributed by atoms with E-state index in [0.717, 1.165) is 32.6 Å². The van der Waals surface area contributed by atoms with Gasteiger partial charge in [0, 0.05) is 56.4 Å². The minimum Gasteiger partial charge on any atom is -0.298 e. The summed E-state index contributed by atoms with van der Waals surface area (Å²) in [5.41, 5.74) is 1.44. The van der Waals surface area contributed by atoms with Crippen molar-refractivity contribution in [1.29, 1.82) is 0 Å². The van der Waals surface area contributed by atoms with Crippen molar-refractivity contribution in [2.75, 3.05) is 31.9 Å². The number of aromatic nitrogens is 2. The first kappa shape index (κ1) is 15.0. The Balaban J connectivity index is 1.54. The van der Waals surface area contributed by atoms with Crippen molar-refractivity contribution in [2.45, 2.75) is 33.4 Å². The first-order valence-corrected chi connectivity index (χ1v) is 9.29. The van der Waals surface area contributed by atoms with Crippen molar-refractivity contribution in [1.82, 2.24) is 19.0 Å². The lowest BCUT2D eigenvalue weighted by Crippen LogP contribution is -2.57. The number of hydrogen-bond acceptors (Lipinski definition) is 4. The van der Waals surface area contributed by atoms with Crippen molar-refractivity contribution in [3.8, 4) is 0 Å². The largest absolute Gasteiger partial charge is 0.298 e. The molecule has 1 spiro atoms. The fraction of sp³-hybridized carbons (Fsp3) is 0.786. The SMILES string of the molecule is CCn1cc(CN2CC3(CCN(S(=O)(=O)CC)C3)C2)cn1. The zero-order valence-electron chi connectivity index (χ0n) is 12.8. The number of rotatable bonds is 5. The minimum atomic E-state index is -3.02. The van der Waals surface area contributed by atoms with Crippen LogP contribution >= 0.6 is 0 Å². The standard InChI is InChI=1S/C14H24N4O2S/c1-3-17-9-13(7-15-17)8-16-10-14(11-16)5-6-18(12-14)21(19,20)4-2/h7,9H,3-6,8,10-12H2,1-2H3. The summed E-state index contributed by atoms with van der Waals surface area (Å²) in [5.74, 6) is 0.211. The van der Waals surface area contributed by atoms with Gasteiger partial charge in [0.1, 0.15) is 0 Å². The Morgan fingerprint density at radius 2 is 2.05 bits per heavy atom. The number of nitrogens with zero attached hydrogens (tertiary/aromatic N) is 4. The first-order chi connectivity index (χ1) is 9.96. The molecule has 2 aliphatic rings. The van der Waals surface area contributed by atoms with Gasteiger partial charge in [0.2, 0.25) is 10.0 Å². The molecule has 3 rings (SSSR count). The van der Waals surface area contributed by atoms with E-state index in [-0.39, 0.29) is 11.2 Å². The summed E-state index contributed by atoms with van der Waals surface area (Å²) in [6.07, 6.45) is 5.02. The third kappa shape index (κ3) is 2.86. The average Bonchev–Trinajstić information content (AvgIpc) is 3.05. The second-order valence-corrected chi connectivity index (χ2v) is 8.59. The molecule has 0 aromatic carbocycles. The van der Waals surface area contributed by atoms with Crippen LogP contribution in [-0.4, -0.2) is 59.3 Å². The van der Waals surface area contributed by atoms with Crippen LogP contribution in [0.2, 0.25) is 0 Å². The molecule has 0 unspecified atom stereocenters. The van der Waals surface area contributed by atoms with Crippen molar-refractivity contribution in [3.05, 3.63) is 18.0 Å². The highest BCUT2D eigenvalue weighted by molar-refractivity contribution is 7.89. The smallest absolute Gasteiger partial charge is 0.213 e. The van der Waals surface area contributed by atoms with E-state index in [1.807, 2.05) is 10.9 Å². The van der Waals surface area contributed by atoms with E-state index in [1.54, 1.807) is 11.2 Å². The normalized spacial score (nSPS) is 22.8. The second kappa shape index (κ2) is 5.37. The number of aryl methyl sites for hydroxylation is 1. The monoisotopic (exact) mass is 312 g/mol. The zero-order chi connectivity index (χ0) is 15.1. The predicted molar refractivity (Wildman–Crippen MR) is 81.3 cm³/mol. The molecule has 0 saturated carbocycles. The molecule has 2 aliphatic heterocycles. The Morgan fingerprint density at radius 3 is 2.67 bits per heavy atom. The highest BCUT2D eigenvalue weighted by Gasteiger charge is 2.49. The topological polar surface area (TPSA) is 58.4 Å². The van der Waals surface area contributed by atoms with Gasteiger partial charge in [-0.15, -0.1) is 0 Å². The predicted octanol–water partition coefficient (Wildman–Crippen LogP) is 0.760. The van der Waals surface area contributed by atoms with Gasteiger partial charge in [-0.2, -0.15) is 5.10 Å². The molecule has 2 fully saturated rings. The van der Waals surface area contributed by atoms with E-state index in [2.05, 4.69) is 23.1 Å². The van der Waals surface area contributed by atoms with E-state index >= 15 is 0 Å². The van der Waals surface area contributed by atoms with Crippen LogP contribution in [0.5, 0.6) is 0 Å². The molecular weight excluding hydrogens is 288 g/mol. The highest BCUT2D eigenvalue weighted by Crippen LogP contribution is 2.41.